The Balaban J connectivity index is 1.56. The van der Waals surface area contributed by atoms with Gasteiger partial charge in [0, 0.05) is 19.6 Å². The largest absolute Gasteiger partial charge is 0.445 e. The van der Waals surface area contributed by atoms with Crippen molar-refractivity contribution in [2.75, 3.05) is 19.6 Å². The summed E-state index contributed by atoms with van der Waals surface area (Å²) in [5.74, 6) is -0.205. The Morgan fingerprint density at radius 3 is 2.43 bits per heavy atom. The molecule has 1 N–H and O–H groups in total. The van der Waals surface area contributed by atoms with Crippen molar-refractivity contribution >= 4 is 17.9 Å². The van der Waals surface area contributed by atoms with Crippen LogP contribution in [0.5, 0.6) is 0 Å². The average Bonchev–Trinajstić information content (AvgIpc) is 3.45. The van der Waals surface area contributed by atoms with Crippen LogP contribution in [-0.2, 0) is 20.9 Å². The van der Waals surface area contributed by atoms with Crippen LogP contribution >= 0.6 is 0 Å². The molecule has 0 bridgehead atoms. The van der Waals surface area contributed by atoms with Crippen molar-refractivity contribution in [2.24, 2.45) is 0 Å². The van der Waals surface area contributed by atoms with Crippen molar-refractivity contribution in [1.29, 1.82) is 0 Å². The summed E-state index contributed by atoms with van der Waals surface area (Å²) < 4.78 is 5.44. The van der Waals surface area contributed by atoms with Crippen LogP contribution in [0.15, 0.2) is 30.3 Å². The topological polar surface area (TPSA) is 79.0 Å². The molecule has 0 aliphatic carbocycles. The number of likely N-dealkylation sites (tertiary alicyclic amines) is 2. The molecule has 1 aromatic rings. The second-order valence-electron chi connectivity index (χ2n) is 8.08. The molecule has 164 valence electrons. The molecule has 0 unspecified atom stereocenters. The van der Waals surface area contributed by atoms with Gasteiger partial charge in [-0.05, 0) is 37.7 Å². The van der Waals surface area contributed by atoms with E-state index in [1.807, 2.05) is 30.3 Å². The van der Waals surface area contributed by atoms with Gasteiger partial charge in [0.05, 0.1) is 0 Å². The molecule has 0 radical (unpaired) electrons. The Kier molecular flexibility index (Phi) is 8.11. The Morgan fingerprint density at radius 1 is 1.00 bits per heavy atom. The van der Waals surface area contributed by atoms with E-state index in [0.29, 0.717) is 32.5 Å². The van der Waals surface area contributed by atoms with Crippen LogP contribution in [0.1, 0.15) is 57.4 Å². The van der Waals surface area contributed by atoms with Crippen LogP contribution in [0.3, 0.4) is 0 Å². The van der Waals surface area contributed by atoms with Crippen molar-refractivity contribution < 1.29 is 19.1 Å². The van der Waals surface area contributed by atoms with Crippen LogP contribution in [0.4, 0.5) is 4.79 Å². The average molecular weight is 416 g/mol. The molecular weight excluding hydrogens is 382 g/mol. The van der Waals surface area contributed by atoms with E-state index in [4.69, 9.17) is 4.74 Å². The van der Waals surface area contributed by atoms with Crippen molar-refractivity contribution in [3.05, 3.63) is 35.9 Å². The van der Waals surface area contributed by atoms with Gasteiger partial charge in [0.1, 0.15) is 18.7 Å². The van der Waals surface area contributed by atoms with Crippen molar-refractivity contribution in [1.82, 2.24) is 15.1 Å². The molecule has 2 aliphatic heterocycles. The number of benzene rings is 1. The van der Waals surface area contributed by atoms with E-state index in [-0.39, 0.29) is 18.4 Å². The number of hydrogen-bond donors (Lipinski definition) is 1. The van der Waals surface area contributed by atoms with Crippen LogP contribution in [0.25, 0.3) is 0 Å². The molecule has 7 nitrogen and oxygen atoms in total. The smallest absolute Gasteiger partial charge is 0.410 e. The molecule has 2 aliphatic rings. The van der Waals surface area contributed by atoms with Crippen LogP contribution in [-0.4, -0.2) is 59.4 Å². The van der Waals surface area contributed by atoms with Crippen LogP contribution < -0.4 is 5.32 Å². The fourth-order valence-electron chi connectivity index (χ4n) is 4.24. The molecule has 2 saturated heterocycles. The summed E-state index contributed by atoms with van der Waals surface area (Å²) in [5, 5.41) is 2.97. The quantitative estimate of drug-likeness (QED) is 0.662. The molecule has 7 heteroatoms. The molecule has 3 rings (SSSR count). The lowest BCUT2D eigenvalue weighted by Crippen LogP contribution is -2.53. The molecular formula is C23H33N3O4. The highest BCUT2D eigenvalue weighted by molar-refractivity contribution is 5.92. The lowest BCUT2D eigenvalue weighted by Gasteiger charge is -2.30. The van der Waals surface area contributed by atoms with E-state index in [0.717, 1.165) is 37.7 Å². The Labute approximate surface area is 178 Å². The standard InChI is InChI=1S/C23H33N3O4/c1-2-3-7-14-24-21(27)19-12-8-15-25(19)22(28)20-13-9-16-26(20)23(29)30-17-18-10-5-4-6-11-18/h4-6,10-11,19-20H,2-3,7-9,12-17H2,1H3,(H,24,27)/t19-,20-/m0/s1. The highest BCUT2D eigenvalue weighted by Crippen LogP contribution is 2.25. The molecule has 2 fully saturated rings. The van der Waals surface area contributed by atoms with E-state index in [2.05, 4.69) is 12.2 Å². The van der Waals surface area contributed by atoms with Gasteiger partial charge < -0.3 is 15.0 Å². The van der Waals surface area contributed by atoms with Gasteiger partial charge in [0.15, 0.2) is 0 Å². The van der Waals surface area contributed by atoms with Gasteiger partial charge in [-0.15, -0.1) is 0 Å². The van der Waals surface area contributed by atoms with Crippen LogP contribution in [0, 0.1) is 0 Å². The van der Waals surface area contributed by atoms with E-state index in [1.165, 1.54) is 4.90 Å². The number of hydrogen-bond acceptors (Lipinski definition) is 4. The summed E-state index contributed by atoms with van der Waals surface area (Å²) in [6, 6.07) is 8.52. The number of amides is 3. The van der Waals surface area contributed by atoms with Crippen molar-refractivity contribution in [3.63, 3.8) is 0 Å². The molecule has 3 amide bonds. The first kappa shape index (κ1) is 22.1. The first-order chi connectivity index (χ1) is 14.6. The SMILES string of the molecule is CCCCCNC(=O)[C@@H]1CCCN1C(=O)[C@@H]1CCCN1C(=O)OCc1ccccc1. The normalized spacial score (nSPS) is 21.0. The monoisotopic (exact) mass is 415 g/mol. The minimum atomic E-state index is -0.540. The van der Waals surface area contributed by atoms with Crippen molar-refractivity contribution in [2.45, 2.75) is 70.6 Å². The lowest BCUT2D eigenvalue weighted by molar-refractivity contribution is -0.141. The molecule has 2 atom stereocenters. The summed E-state index contributed by atoms with van der Waals surface area (Å²) >= 11 is 0. The van der Waals surface area contributed by atoms with E-state index < -0.39 is 18.2 Å². The zero-order chi connectivity index (χ0) is 21.3. The summed E-state index contributed by atoms with van der Waals surface area (Å²) in [6.07, 6.45) is 5.53. The highest BCUT2D eigenvalue weighted by Gasteiger charge is 2.42. The number of ether oxygens (including phenoxy) is 1. The predicted molar refractivity (Wildman–Crippen MR) is 114 cm³/mol. The first-order valence-electron chi connectivity index (χ1n) is 11.2. The highest BCUT2D eigenvalue weighted by atomic mass is 16.6. The number of unbranched alkanes of at least 4 members (excludes halogenated alkanes) is 2. The number of nitrogens with zero attached hydrogens (tertiary/aromatic N) is 2. The molecule has 2 heterocycles. The van der Waals surface area contributed by atoms with Gasteiger partial charge in [0.2, 0.25) is 11.8 Å². The zero-order valence-electron chi connectivity index (χ0n) is 17.8. The summed E-state index contributed by atoms with van der Waals surface area (Å²) in [5.41, 5.74) is 0.910. The third-order valence-corrected chi connectivity index (χ3v) is 5.90. The van der Waals surface area contributed by atoms with Gasteiger partial charge in [-0.25, -0.2) is 4.79 Å². The Morgan fingerprint density at radius 2 is 1.70 bits per heavy atom. The molecule has 1 aromatic carbocycles. The van der Waals surface area contributed by atoms with Crippen LogP contribution in [0.2, 0.25) is 0 Å². The maximum absolute atomic E-state index is 13.2. The maximum Gasteiger partial charge on any atom is 0.410 e. The number of carbonyl (C=O) groups is 3. The second kappa shape index (κ2) is 11.0. The minimum absolute atomic E-state index is 0.0758. The fraction of sp³-hybridized carbons (Fsp3) is 0.609. The molecule has 0 spiro atoms. The third kappa shape index (κ3) is 5.52. The summed E-state index contributed by atoms with van der Waals surface area (Å²) in [7, 11) is 0. The third-order valence-electron chi connectivity index (χ3n) is 5.90. The van der Waals surface area contributed by atoms with Gasteiger partial charge >= 0.3 is 6.09 Å². The summed E-state index contributed by atoms with van der Waals surface area (Å²) in [4.78, 5) is 41.6. The minimum Gasteiger partial charge on any atom is -0.445 e. The van der Waals surface area contributed by atoms with E-state index >= 15 is 0 Å². The van der Waals surface area contributed by atoms with Gasteiger partial charge in [-0.3, -0.25) is 14.5 Å². The Hall–Kier alpha value is -2.57. The molecule has 0 saturated carbocycles. The van der Waals surface area contributed by atoms with Crippen molar-refractivity contribution in [3.8, 4) is 0 Å². The fourth-order valence-corrected chi connectivity index (χ4v) is 4.24. The number of nitrogens with one attached hydrogen (secondary N) is 1. The van der Waals surface area contributed by atoms with E-state index in [9.17, 15) is 14.4 Å². The predicted octanol–water partition coefficient (Wildman–Crippen LogP) is 3.09. The lowest BCUT2D eigenvalue weighted by atomic mass is 10.1. The zero-order valence-corrected chi connectivity index (χ0v) is 17.8. The van der Waals surface area contributed by atoms with Gasteiger partial charge in [0.25, 0.3) is 0 Å². The number of carbonyl (C=O) groups excluding carboxylic acids is 3. The maximum atomic E-state index is 13.2. The second-order valence-corrected chi connectivity index (χ2v) is 8.08. The molecule has 30 heavy (non-hydrogen) atoms. The number of rotatable bonds is 8. The van der Waals surface area contributed by atoms with E-state index in [1.54, 1.807) is 4.90 Å². The summed E-state index contributed by atoms with van der Waals surface area (Å²) in [6.45, 7) is 4.02. The molecule has 0 aromatic heterocycles. The van der Waals surface area contributed by atoms with Gasteiger partial charge in [-0.1, -0.05) is 50.1 Å². The first-order valence-corrected chi connectivity index (χ1v) is 11.2. The van der Waals surface area contributed by atoms with Gasteiger partial charge in [-0.2, -0.15) is 0 Å². The Bertz CT molecular complexity index is 724.